The SMILES string of the molecule is Cc1nc(C)n(CCC(=O)NN)n1. The van der Waals surface area contributed by atoms with E-state index in [2.05, 4.69) is 15.5 Å². The van der Waals surface area contributed by atoms with E-state index in [1.807, 2.05) is 13.8 Å². The number of nitrogens with two attached hydrogens (primary N) is 1. The number of hydrogen-bond acceptors (Lipinski definition) is 4. The van der Waals surface area contributed by atoms with E-state index < -0.39 is 0 Å². The van der Waals surface area contributed by atoms with Gasteiger partial charge in [-0.2, -0.15) is 5.10 Å². The zero-order valence-corrected chi connectivity index (χ0v) is 7.74. The van der Waals surface area contributed by atoms with E-state index in [1.54, 1.807) is 4.68 Å². The van der Waals surface area contributed by atoms with Gasteiger partial charge in [-0.3, -0.25) is 10.2 Å². The molecular formula is C7H13N5O. The van der Waals surface area contributed by atoms with Crippen LogP contribution >= 0.6 is 0 Å². The van der Waals surface area contributed by atoms with Crippen molar-refractivity contribution in [3.8, 4) is 0 Å². The summed E-state index contributed by atoms with van der Waals surface area (Å²) in [6.07, 6.45) is 0.320. The summed E-state index contributed by atoms with van der Waals surface area (Å²) < 4.78 is 1.69. The molecular weight excluding hydrogens is 170 g/mol. The van der Waals surface area contributed by atoms with Gasteiger partial charge >= 0.3 is 0 Å². The average Bonchev–Trinajstić information content (AvgIpc) is 2.41. The number of nitrogens with zero attached hydrogens (tertiary/aromatic N) is 3. The van der Waals surface area contributed by atoms with Crippen LogP contribution in [0.2, 0.25) is 0 Å². The van der Waals surface area contributed by atoms with E-state index in [4.69, 9.17) is 5.84 Å². The fraction of sp³-hybridized carbons (Fsp3) is 0.571. The third-order valence-electron chi connectivity index (χ3n) is 1.67. The molecule has 1 rings (SSSR count). The van der Waals surface area contributed by atoms with Crippen molar-refractivity contribution in [1.82, 2.24) is 20.2 Å². The lowest BCUT2D eigenvalue weighted by Gasteiger charge is -2.01. The molecule has 0 aliphatic rings. The maximum Gasteiger partial charge on any atom is 0.235 e. The second kappa shape index (κ2) is 3.99. The fourth-order valence-corrected chi connectivity index (χ4v) is 1.05. The zero-order valence-electron chi connectivity index (χ0n) is 7.74. The topological polar surface area (TPSA) is 85.8 Å². The van der Waals surface area contributed by atoms with Crippen LogP contribution in [-0.4, -0.2) is 20.7 Å². The average molecular weight is 183 g/mol. The van der Waals surface area contributed by atoms with Crippen molar-refractivity contribution in [2.24, 2.45) is 5.84 Å². The molecule has 0 bridgehead atoms. The van der Waals surface area contributed by atoms with Gasteiger partial charge in [0.15, 0.2) is 0 Å². The van der Waals surface area contributed by atoms with Crippen molar-refractivity contribution in [3.05, 3.63) is 11.6 Å². The molecule has 0 fully saturated rings. The smallest absolute Gasteiger partial charge is 0.235 e. The summed E-state index contributed by atoms with van der Waals surface area (Å²) in [5.41, 5.74) is 2.06. The van der Waals surface area contributed by atoms with Crippen LogP contribution in [0, 0.1) is 13.8 Å². The predicted molar refractivity (Wildman–Crippen MR) is 46.4 cm³/mol. The molecule has 0 saturated carbocycles. The minimum Gasteiger partial charge on any atom is -0.294 e. The van der Waals surface area contributed by atoms with E-state index in [-0.39, 0.29) is 5.91 Å². The van der Waals surface area contributed by atoms with Crippen LogP contribution in [0.1, 0.15) is 18.1 Å². The number of hydrogen-bond donors (Lipinski definition) is 2. The van der Waals surface area contributed by atoms with E-state index >= 15 is 0 Å². The molecule has 72 valence electrons. The highest BCUT2D eigenvalue weighted by atomic mass is 16.2. The normalized spacial score (nSPS) is 10.1. The van der Waals surface area contributed by atoms with E-state index in [0.29, 0.717) is 18.8 Å². The largest absolute Gasteiger partial charge is 0.294 e. The first-order valence-electron chi connectivity index (χ1n) is 4.01. The molecule has 3 N–H and O–H groups in total. The maximum absolute atomic E-state index is 10.8. The van der Waals surface area contributed by atoms with Gasteiger partial charge in [0.2, 0.25) is 5.91 Å². The third kappa shape index (κ3) is 2.51. The molecule has 1 aromatic rings. The van der Waals surface area contributed by atoms with Crippen LogP contribution in [0.15, 0.2) is 0 Å². The summed E-state index contributed by atoms with van der Waals surface area (Å²) in [6.45, 7) is 4.17. The minimum atomic E-state index is -0.201. The summed E-state index contributed by atoms with van der Waals surface area (Å²) in [6, 6.07) is 0. The highest BCUT2D eigenvalue weighted by Gasteiger charge is 2.04. The molecule has 6 nitrogen and oxygen atoms in total. The minimum absolute atomic E-state index is 0.201. The number of hydrazine groups is 1. The van der Waals surface area contributed by atoms with Crippen molar-refractivity contribution in [2.45, 2.75) is 26.8 Å². The Morgan fingerprint density at radius 3 is 2.77 bits per heavy atom. The van der Waals surface area contributed by atoms with E-state index in [9.17, 15) is 4.79 Å². The first-order chi connectivity index (χ1) is 6.13. The molecule has 0 atom stereocenters. The van der Waals surface area contributed by atoms with Crippen LogP contribution < -0.4 is 11.3 Å². The molecule has 0 aliphatic carbocycles. The summed E-state index contributed by atoms with van der Waals surface area (Å²) >= 11 is 0. The van der Waals surface area contributed by atoms with Gasteiger partial charge in [-0.1, -0.05) is 0 Å². The highest BCUT2D eigenvalue weighted by molar-refractivity contribution is 5.74. The van der Waals surface area contributed by atoms with Crippen molar-refractivity contribution < 1.29 is 4.79 Å². The Morgan fingerprint density at radius 1 is 1.62 bits per heavy atom. The molecule has 0 aliphatic heterocycles. The lowest BCUT2D eigenvalue weighted by atomic mass is 10.4. The molecule has 1 amide bonds. The first kappa shape index (κ1) is 9.66. The van der Waals surface area contributed by atoms with Gasteiger partial charge in [-0.05, 0) is 13.8 Å². The number of aryl methyl sites for hydroxylation is 3. The molecule has 1 heterocycles. The van der Waals surface area contributed by atoms with Crippen LogP contribution in [0.4, 0.5) is 0 Å². The molecule has 6 heteroatoms. The van der Waals surface area contributed by atoms with Gasteiger partial charge < -0.3 is 0 Å². The Hall–Kier alpha value is -1.43. The first-order valence-corrected chi connectivity index (χ1v) is 4.01. The van der Waals surface area contributed by atoms with Gasteiger partial charge in [0.05, 0.1) is 6.54 Å². The lowest BCUT2D eigenvalue weighted by Crippen LogP contribution is -2.30. The van der Waals surface area contributed by atoms with Gasteiger partial charge in [0, 0.05) is 6.42 Å². The van der Waals surface area contributed by atoms with Crippen LogP contribution in [0.25, 0.3) is 0 Å². The molecule has 0 aromatic carbocycles. The number of aromatic nitrogens is 3. The molecule has 0 unspecified atom stereocenters. The number of rotatable bonds is 3. The number of carbonyl (C=O) groups is 1. The van der Waals surface area contributed by atoms with Crippen LogP contribution in [-0.2, 0) is 11.3 Å². The Balaban J connectivity index is 2.54. The summed E-state index contributed by atoms with van der Waals surface area (Å²) in [5.74, 6) is 6.25. The monoisotopic (exact) mass is 183 g/mol. The van der Waals surface area contributed by atoms with Crippen molar-refractivity contribution in [2.75, 3.05) is 0 Å². The second-order valence-corrected chi connectivity index (χ2v) is 2.75. The van der Waals surface area contributed by atoms with Crippen molar-refractivity contribution in [3.63, 3.8) is 0 Å². The Kier molecular flexibility index (Phi) is 2.97. The summed E-state index contributed by atoms with van der Waals surface area (Å²) in [4.78, 5) is 14.9. The van der Waals surface area contributed by atoms with Gasteiger partial charge in [0.1, 0.15) is 11.6 Å². The Morgan fingerprint density at radius 2 is 2.31 bits per heavy atom. The van der Waals surface area contributed by atoms with Crippen molar-refractivity contribution >= 4 is 5.91 Å². The number of amides is 1. The molecule has 0 radical (unpaired) electrons. The number of carbonyl (C=O) groups excluding carboxylic acids is 1. The fourth-order valence-electron chi connectivity index (χ4n) is 1.05. The molecule has 0 spiro atoms. The van der Waals surface area contributed by atoms with Crippen molar-refractivity contribution in [1.29, 1.82) is 0 Å². The second-order valence-electron chi connectivity index (χ2n) is 2.75. The van der Waals surface area contributed by atoms with E-state index in [0.717, 1.165) is 5.82 Å². The quantitative estimate of drug-likeness (QED) is 0.367. The highest BCUT2D eigenvalue weighted by Crippen LogP contribution is 1.96. The van der Waals surface area contributed by atoms with Crippen LogP contribution in [0.5, 0.6) is 0 Å². The maximum atomic E-state index is 10.8. The third-order valence-corrected chi connectivity index (χ3v) is 1.67. The van der Waals surface area contributed by atoms with Crippen LogP contribution in [0.3, 0.4) is 0 Å². The Bertz CT molecular complexity index is 306. The lowest BCUT2D eigenvalue weighted by molar-refractivity contribution is -0.121. The summed E-state index contributed by atoms with van der Waals surface area (Å²) in [7, 11) is 0. The van der Waals surface area contributed by atoms with Gasteiger partial charge in [0.25, 0.3) is 0 Å². The Labute approximate surface area is 76.1 Å². The molecule has 0 saturated heterocycles. The van der Waals surface area contributed by atoms with Gasteiger partial charge in [-0.15, -0.1) is 0 Å². The zero-order chi connectivity index (χ0) is 9.84. The molecule has 1 aromatic heterocycles. The van der Waals surface area contributed by atoms with E-state index in [1.165, 1.54) is 0 Å². The predicted octanol–water partition coefficient (Wildman–Crippen LogP) is -0.725. The van der Waals surface area contributed by atoms with Gasteiger partial charge in [-0.25, -0.2) is 15.5 Å². The molecule has 13 heavy (non-hydrogen) atoms. The standard InChI is InChI=1S/C7H13N5O/c1-5-9-6(2)12(11-5)4-3-7(13)10-8/h3-4,8H2,1-2H3,(H,10,13). The summed E-state index contributed by atoms with van der Waals surface area (Å²) in [5, 5.41) is 4.10. The number of nitrogens with one attached hydrogen (secondary N) is 1.